The molecule has 5 aromatic carbocycles. The Morgan fingerprint density at radius 2 is 1.31 bits per heavy atom. The molecular formula is C31H30N2O12S4. The molecule has 0 saturated heterocycles. The SMILES string of the molecule is CN(CCS(=O)(=O)O)c1ccc2c(-c3ccccc3S(=O)(=O)O)c3ccc(Nc4ccc(S(=O)(=O)CCOS(=O)(=O)O)cc4)cc3cc2c1. The molecule has 49 heavy (non-hydrogen) atoms. The fourth-order valence-corrected chi connectivity index (χ4v) is 7.98. The molecule has 5 aromatic rings. The number of hydrogen-bond acceptors (Lipinski definition) is 11. The van der Waals surface area contributed by atoms with Crippen LogP contribution in [0.15, 0.2) is 101 Å². The van der Waals surface area contributed by atoms with Crippen LogP contribution in [0.5, 0.6) is 0 Å². The van der Waals surface area contributed by atoms with Gasteiger partial charge in [0.1, 0.15) is 4.90 Å². The number of sulfone groups is 1. The quantitative estimate of drug-likeness (QED) is 0.0957. The van der Waals surface area contributed by atoms with Crippen molar-refractivity contribution in [3.8, 4) is 11.1 Å². The van der Waals surface area contributed by atoms with Crippen LogP contribution in [0.4, 0.5) is 17.1 Å². The minimum Gasteiger partial charge on any atom is -0.373 e. The molecule has 4 N–H and O–H groups in total. The lowest BCUT2D eigenvalue weighted by atomic mass is 9.91. The van der Waals surface area contributed by atoms with E-state index in [2.05, 4.69) is 9.50 Å². The summed E-state index contributed by atoms with van der Waals surface area (Å²) in [5, 5.41) is 5.80. The summed E-state index contributed by atoms with van der Waals surface area (Å²) >= 11 is 0. The highest BCUT2D eigenvalue weighted by atomic mass is 32.3. The molecule has 0 aliphatic heterocycles. The first-order chi connectivity index (χ1) is 22.8. The Bertz CT molecular complexity index is 2500. The first kappa shape index (κ1) is 36.1. The first-order valence-corrected chi connectivity index (χ1v) is 20.3. The summed E-state index contributed by atoms with van der Waals surface area (Å²) in [5.74, 6) is -1.17. The highest BCUT2D eigenvalue weighted by Gasteiger charge is 2.21. The van der Waals surface area contributed by atoms with Gasteiger partial charge in [0.15, 0.2) is 9.84 Å². The minimum absolute atomic E-state index is 0.00285. The standard InChI is InChI=1S/C31H30N2O12S4/c1-33(14-16-47(36,37)38)25-9-13-28-22(20-25)18-21-19-24(8-12-27(21)31(28)29-4-2-3-5-30(29)48(39,40)41)32-23-6-10-26(11-7-23)46(34,35)17-15-45-49(42,43)44/h2-13,18-20,32H,14-17H2,1H3,(H,36,37,38)(H,39,40,41)(H,42,43,44). The zero-order chi connectivity index (χ0) is 35.8. The Morgan fingerprint density at radius 3 is 1.94 bits per heavy atom. The lowest BCUT2D eigenvalue weighted by molar-refractivity contribution is 0.284. The molecule has 0 unspecified atom stereocenters. The summed E-state index contributed by atoms with van der Waals surface area (Å²) in [4.78, 5) is 1.26. The van der Waals surface area contributed by atoms with Gasteiger partial charge in [-0.2, -0.15) is 25.3 Å². The second-order valence-electron chi connectivity index (χ2n) is 11.0. The molecule has 0 heterocycles. The van der Waals surface area contributed by atoms with Crippen molar-refractivity contribution in [2.24, 2.45) is 0 Å². The normalized spacial score (nSPS) is 12.7. The van der Waals surface area contributed by atoms with Crippen molar-refractivity contribution in [1.82, 2.24) is 0 Å². The zero-order valence-corrected chi connectivity index (χ0v) is 28.9. The van der Waals surface area contributed by atoms with Crippen LogP contribution < -0.4 is 10.2 Å². The molecule has 0 amide bonds. The highest BCUT2D eigenvalue weighted by Crippen LogP contribution is 2.41. The maximum atomic E-state index is 12.6. The fourth-order valence-electron chi connectivity index (χ4n) is 5.28. The van der Waals surface area contributed by atoms with Crippen LogP contribution in [-0.2, 0) is 44.7 Å². The number of anilines is 3. The van der Waals surface area contributed by atoms with Gasteiger partial charge in [0.05, 0.1) is 23.0 Å². The molecule has 260 valence electrons. The Morgan fingerprint density at radius 1 is 0.694 bits per heavy atom. The number of benzene rings is 5. The van der Waals surface area contributed by atoms with Crippen molar-refractivity contribution in [2.45, 2.75) is 9.79 Å². The molecule has 0 atom stereocenters. The van der Waals surface area contributed by atoms with E-state index in [4.69, 9.17) is 4.55 Å². The minimum atomic E-state index is -4.78. The summed E-state index contributed by atoms with van der Waals surface area (Å²) < 4.78 is 126. The molecule has 0 bridgehead atoms. The lowest BCUT2D eigenvalue weighted by Gasteiger charge is -2.21. The smallest absolute Gasteiger partial charge is 0.373 e. The van der Waals surface area contributed by atoms with Crippen LogP contribution in [0.2, 0.25) is 0 Å². The van der Waals surface area contributed by atoms with Crippen LogP contribution >= 0.6 is 0 Å². The predicted octanol–water partition coefficient (Wildman–Crippen LogP) is 4.57. The van der Waals surface area contributed by atoms with Gasteiger partial charge in [0.2, 0.25) is 0 Å². The Hall–Kier alpha value is -4.14. The number of rotatable bonds is 13. The maximum Gasteiger partial charge on any atom is 0.397 e. The van der Waals surface area contributed by atoms with E-state index in [1.54, 1.807) is 60.5 Å². The van der Waals surface area contributed by atoms with Crippen LogP contribution in [0.3, 0.4) is 0 Å². The lowest BCUT2D eigenvalue weighted by Crippen LogP contribution is -2.24. The number of nitrogens with zero attached hydrogens (tertiary/aromatic N) is 1. The molecule has 0 aliphatic carbocycles. The van der Waals surface area contributed by atoms with Gasteiger partial charge in [0.25, 0.3) is 20.2 Å². The van der Waals surface area contributed by atoms with Crippen molar-refractivity contribution in [3.63, 3.8) is 0 Å². The monoisotopic (exact) mass is 750 g/mol. The topological polar surface area (TPSA) is 222 Å². The van der Waals surface area contributed by atoms with Crippen molar-refractivity contribution >= 4 is 79.1 Å². The average Bonchev–Trinajstić information content (AvgIpc) is 3.01. The molecule has 18 heteroatoms. The summed E-state index contributed by atoms with van der Waals surface area (Å²) in [6.07, 6.45) is 0. The van der Waals surface area contributed by atoms with Gasteiger partial charge >= 0.3 is 10.4 Å². The van der Waals surface area contributed by atoms with Crippen LogP contribution in [0, 0.1) is 0 Å². The van der Waals surface area contributed by atoms with Crippen molar-refractivity contribution < 1.29 is 51.5 Å². The van der Waals surface area contributed by atoms with Gasteiger partial charge < -0.3 is 10.2 Å². The second-order valence-corrected chi connectivity index (χ2v) is 17.2. The van der Waals surface area contributed by atoms with E-state index in [9.17, 15) is 42.8 Å². The van der Waals surface area contributed by atoms with E-state index in [1.165, 1.54) is 36.4 Å². The third kappa shape index (κ3) is 8.91. The second kappa shape index (κ2) is 13.6. The maximum absolute atomic E-state index is 12.6. The average molecular weight is 751 g/mol. The summed E-state index contributed by atoms with van der Waals surface area (Å²) in [7, 11) is -15.9. The van der Waals surface area contributed by atoms with E-state index < -0.39 is 58.6 Å². The van der Waals surface area contributed by atoms with E-state index in [1.807, 2.05) is 6.07 Å². The highest BCUT2D eigenvalue weighted by molar-refractivity contribution is 7.91. The Labute approximate surface area is 283 Å². The van der Waals surface area contributed by atoms with Crippen LogP contribution in [0.25, 0.3) is 32.7 Å². The van der Waals surface area contributed by atoms with E-state index in [0.29, 0.717) is 44.2 Å². The Balaban J connectivity index is 1.56. The number of nitrogens with one attached hydrogen (secondary N) is 1. The molecule has 14 nitrogen and oxygen atoms in total. The van der Waals surface area contributed by atoms with Gasteiger partial charge in [-0.15, -0.1) is 0 Å². The fraction of sp³-hybridized carbons (Fsp3) is 0.161. The van der Waals surface area contributed by atoms with Gasteiger partial charge in [-0.1, -0.05) is 30.3 Å². The van der Waals surface area contributed by atoms with Gasteiger partial charge in [-0.25, -0.2) is 12.6 Å². The third-order valence-electron chi connectivity index (χ3n) is 7.58. The molecule has 0 spiro atoms. The molecule has 5 rings (SSSR count). The summed E-state index contributed by atoms with van der Waals surface area (Å²) in [5.41, 5.74) is 2.49. The zero-order valence-electron chi connectivity index (χ0n) is 25.6. The van der Waals surface area contributed by atoms with Crippen molar-refractivity contribution in [2.75, 3.05) is 41.9 Å². The van der Waals surface area contributed by atoms with Gasteiger partial charge in [-0.05, 0) is 87.8 Å². The molecule has 0 aromatic heterocycles. The Kier molecular flexibility index (Phi) is 10.1. The van der Waals surface area contributed by atoms with Crippen molar-refractivity contribution in [3.05, 3.63) is 91.0 Å². The molecule has 0 saturated carbocycles. The van der Waals surface area contributed by atoms with Gasteiger partial charge in [-0.3, -0.25) is 13.7 Å². The van der Waals surface area contributed by atoms with Crippen LogP contribution in [0.1, 0.15) is 0 Å². The molecular weight excluding hydrogens is 721 g/mol. The first-order valence-electron chi connectivity index (χ1n) is 14.3. The summed E-state index contributed by atoms with van der Waals surface area (Å²) in [6, 6.07) is 24.1. The van der Waals surface area contributed by atoms with E-state index >= 15 is 0 Å². The van der Waals surface area contributed by atoms with Crippen molar-refractivity contribution in [1.29, 1.82) is 0 Å². The van der Waals surface area contributed by atoms with E-state index in [0.717, 1.165) is 0 Å². The summed E-state index contributed by atoms with van der Waals surface area (Å²) in [6.45, 7) is -0.755. The molecule has 0 radical (unpaired) electrons. The molecule has 0 aliphatic rings. The predicted molar refractivity (Wildman–Crippen MR) is 186 cm³/mol. The molecule has 0 fully saturated rings. The number of fused-ring (bicyclic) bond motifs is 2. The number of hydrogen-bond donors (Lipinski definition) is 4. The largest absolute Gasteiger partial charge is 0.397 e. The van der Waals surface area contributed by atoms with Crippen LogP contribution in [-0.4, -0.2) is 79.0 Å². The van der Waals surface area contributed by atoms with Gasteiger partial charge in [0, 0.05) is 36.2 Å². The van der Waals surface area contributed by atoms with E-state index in [-0.39, 0.29) is 21.9 Å². The third-order valence-corrected chi connectivity index (χ3v) is 11.4.